The van der Waals surface area contributed by atoms with Gasteiger partial charge in [0.25, 0.3) is 0 Å². The molecule has 2 heterocycles. The number of nitrogens with zero attached hydrogens (tertiary/aromatic N) is 4. The van der Waals surface area contributed by atoms with Gasteiger partial charge in [0.15, 0.2) is 5.82 Å². The Labute approximate surface area is 122 Å². The summed E-state index contributed by atoms with van der Waals surface area (Å²) in [6.07, 6.45) is 3.73. The first kappa shape index (κ1) is 15.3. The molecule has 0 aliphatic heterocycles. The van der Waals surface area contributed by atoms with Gasteiger partial charge in [-0.05, 0) is 19.4 Å². The zero-order valence-corrected chi connectivity index (χ0v) is 12.6. The Morgan fingerprint density at radius 1 is 1.43 bits per heavy atom. The first-order valence-electron chi connectivity index (χ1n) is 6.48. The third-order valence-electron chi connectivity index (χ3n) is 2.72. The maximum atomic E-state index is 12.4. The lowest BCUT2D eigenvalue weighted by Gasteiger charge is -2.14. The second kappa shape index (κ2) is 6.59. The van der Waals surface area contributed by atoms with E-state index in [2.05, 4.69) is 35.6 Å². The highest BCUT2D eigenvalue weighted by Gasteiger charge is 2.23. The molecule has 0 radical (unpaired) electrons. The molecule has 1 unspecified atom stereocenters. The molecule has 0 amide bonds. The van der Waals surface area contributed by atoms with Crippen LogP contribution in [0.5, 0.6) is 0 Å². The van der Waals surface area contributed by atoms with Gasteiger partial charge in [0.05, 0.1) is 11.7 Å². The topological polar surface area (TPSA) is 126 Å². The Morgan fingerprint density at radius 3 is 2.90 bits per heavy atom. The molecular formula is C11H17N7O2S. The number of tetrazole rings is 1. The molecule has 1 atom stereocenters. The van der Waals surface area contributed by atoms with Crippen molar-refractivity contribution in [1.82, 2.24) is 30.3 Å². The van der Waals surface area contributed by atoms with Crippen LogP contribution in [-0.4, -0.2) is 40.6 Å². The Morgan fingerprint density at radius 2 is 2.24 bits per heavy atom. The van der Waals surface area contributed by atoms with Crippen molar-refractivity contribution >= 4 is 15.7 Å². The van der Waals surface area contributed by atoms with Crippen molar-refractivity contribution in [3.8, 4) is 0 Å². The first-order valence-corrected chi connectivity index (χ1v) is 7.96. The average molecular weight is 311 g/mol. The number of rotatable bonds is 7. The number of pyridine rings is 1. The highest BCUT2D eigenvalue weighted by atomic mass is 32.2. The van der Waals surface area contributed by atoms with Crippen LogP contribution < -0.4 is 10.0 Å². The van der Waals surface area contributed by atoms with Crippen molar-refractivity contribution in [3.05, 3.63) is 24.3 Å². The lowest BCUT2D eigenvalue weighted by Crippen LogP contribution is -2.28. The van der Waals surface area contributed by atoms with Gasteiger partial charge in [0, 0.05) is 18.9 Å². The normalized spacial score (nSPS) is 13.0. The molecule has 0 spiro atoms. The van der Waals surface area contributed by atoms with E-state index in [0.29, 0.717) is 12.2 Å². The number of hydrogen-bond acceptors (Lipinski definition) is 7. The van der Waals surface area contributed by atoms with Crippen LogP contribution in [0.25, 0.3) is 0 Å². The Bertz CT molecular complexity index is 672. The summed E-state index contributed by atoms with van der Waals surface area (Å²) >= 11 is 0. The number of anilines is 1. The standard InChI is InChI=1S/C11H17N7O2S/c1-3-5-13-9-4-6-12-7-10(9)21(19,20)16-8(2)11-14-17-18-15-11/h4,6-8,16H,3,5H2,1-2H3,(H,12,13)(H,14,15,17,18). The molecule has 10 heteroatoms. The summed E-state index contributed by atoms with van der Waals surface area (Å²) in [5, 5.41) is 16.3. The molecule has 114 valence electrons. The van der Waals surface area contributed by atoms with E-state index in [4.69, 9.17) is 0 Å². The summed E-state index contributed by atoms with van der Waals surface area (Å²) < 4.78 is 27.4. The zero-order valence-electron chi connectivity index (χ0n) is 11.7. The minimum absolute atomic E-state index is 0.0915. The van der Waals surface area contributed by atoms with Gasteiger partial charge in [-0.3, -0.25) is 4.98 Å². The fraction of sp³-hybridized carbons (Fsp3) is 0.455. The maximum Gasteiger partial charge on any atom is 0.244 e. The minimum atomic E-state index is -3.74. The van der Waals surface area contributed by atoms with Crippen molar-refractivity contribution in [3.63, 3.8) is 0 Å². The second-order valence-electron chi connectivity index (χ2n) is 4.41. The Kier molecular flexibility index (Phi) is 4.81. The second-order valence-corrected chi connectivity index (χ2v) is 6.09. The van der Waals surface area contributed by atoms with E-state index in [1.54, 1.807) is 19.2 Å². The number of H-pyrrole nitrogens is 1. The van der Waals surface area contributed by atoms with Crippen molar-refractivity contribution in [2.45, 2.75) is 31.2 Å². The summed E-state index contributed by atoms with van der Waals surface area (Å²) in [5.74, 6) is 0.269. The monoisotopic (exact) mass is 311 g/mol. The van der Waals surface area contributed by atoms with Gasteiger partial charge < -0.3 is 5.32 Å². The fourth-order valence-corrected chi connectivity index (χ4v) is 3.03. The number of aromatic nitrogens is 5. The molecule has 2 aromatic rings. The number of aromatic amines is 1. The maximum absolute atomic E-state index is 12.4. The van der Waals surface area contributed by atoms with E-state index in [1.807, 2.05) is 6.92 Å². The van der Waals surface area contributed by atoms with Crippen molar-refractivity contribution in [2.24, 2.45) is 0 Å². The van der Waals surface area contributed by atoms with Gasteiger partial charge in [-0.15, -0.1) is 10.2 Å². The predicted molar refractivity (Wildman–Crippen MR) is 75.9 cm³/mol. The molecule has 3 N–H and O–H groups in total. The molecule has 2 aromatic heterocycles. The zero-order chi connectivity index (χ0) is 15.3. The predicted octanol–water partition coefficient (Wildman–Crippen LogP) is 0.456. The molecule has 9 nitrogen and oxygen atoms in total. The van der Waals surface area contributed by atoms with E-state index < -0.39 is 16.1 Å². The van der Waals surface area contributed by atoms with Gasteiger partial charge in [0.1, 0.15) is 4.90 Å². The van der Waals surface area contributed by atoms with Gasteiger partial charge in [-0.1, -0.05) is 12.1 Å². The SMILES string of the molecule is CCCNc1ccncc1S(=O)(=O)NC(C)c1nn[nH]n1. The molecule has 0 aliphatic carbocycles. The fourth-order valence-electron chi connectivity index (χ4n) is 1.70. The summed E-state index contributed by atoms with van der Waals surface area (Å²) in [7, 11) is -3.74. The number of hydrogen-bond donors (Lipinski definition) is 3. The highest BCUT2D eigenvalue weighted by molar-refractivity contribution is 7.89. The Balaban J connectivity index is 2.23. The highest BCUT2D eigenvalue weighted by Crippen LogP contribution is 2.21. The van der Waals surface area contributed by atoms with Crippen LogP contribution in [0.15, 0.2) is 23.4 Å². The number of sulfonamides is 1. The van der Waals surface area contributed by atoms with Crippen LogP contribution in [-0.2, 0) is 10.0 Å². The molecule has 0 aliphatic rings. The van der Waals surface area contributed by atoms with Crippen LogP contribution in [0, 0.1) is 0 Å². The van der Waals surface area contributed by atoms with Crippen LogP contribution in [0.3, 0.4) is 0 Å². The van der Waals surface area contributed by atoms with Crippen molar-refractivity contribution < 1.29 is 8.42 Å². The van der Waals surface area contributed by atoms with Crippen LogP contribution in [0.1, 0.15) is 32.1 Å². The molecule has 0 saturated carbocycles. The minimum Gasteiger partial charge on any atom is -0.384 e. The molecular weight excluding hydrogens is 294 g/mol. The molecule has 21 heavy (non-hydrogen) atoms. The molecule has 2 rings (SSSR count). The molecule has 0 aromatic carbocycles. The van der Waals surface area contributed by atoms with E-state index in [0.717, 1.165) is 6.42 Å². The summed E-state index contributed by atoms with van der Waals surface area (Å²) in [6.45, 7) is 4.31. The van der Waals surface area contributed by atoms with E-state index in [9.17, 15) is 8.42 Å². The van der Waals surface area contributed by atoms with Gasteiger partial charge in [-0.2, -0.15) is 5.21 Å². The third-order valence-corrected chi connectivity index (χ3v) is 4.29. The van der Waals surface area contributed by atoms with Crippen molar-refractivity contribution in [2.75, 3.05) is 11.9 Å². The Hall–Kier alpha value is -2.07. The summed E-state index contributed by atoms with van der Waals surface area (Å²) in [4.78, 5) is 3.97. The summed E-state index contributed by atoms with van der Waals surface area (Å²) in [5.41, 5.74) is 0.514. The van der Waals surface area contributed by atoms with E-state index >= 15 is 0 Å². The molecule has 0 fully saturated rings. The van der Waals surface area contributed by atoms with Crippen LogP contribution in [0.4, 0.5) is 5.69 Å². The molecule has 0 bridgehead atoms. The van der Waals surface area contributed by atoms with E-state index in [-0.39, 0.29) is 10.7 Å². The lowest BCUT2D eigenvalue weighted by molar-refractivity contribution is 0.560. The first-order chi connectivity index (χ1) is 10.0. The van der Waals surface area contributed by atoms with Crippen LogP contribution in [0.2, 0.25) is 0 Å². The van der Waals surface area contributed by atoms with Crippen molar-refractivity contribution in [1.29, 1.82) is 0 Å². The largest absolute Gasteiger partial charge is 0.384 e. The summed E-state index contributed by atoms with van der Waals surface area (Å²) in [6, 6.07) is 1.02. The van der Waals surface area contributed by atoms with E-state index in [1.165, 1.54) is 6.20 Å². The van der Waals surface area contributed by atoms with Gasteiger partial charge >= 0.3 is 0 Å². The van der Waals surface area contributed by atoms with Gasteiger partial charge in [-0.25, -0.2) is 13.1 Å². The lowest BCUT2D eigenvalue weighted by atomic mass is 10.4. The smallest absolute Gasteiger partial charge is 0.244 e. The third kappa shape index (κ3) is 3.73. The average Bonchev–Trinajstić information content (AvgIpc) is 2.99. The van der Waals surface area contributed by atoms with Gasteiger partial charge in [0.2, 0.25) is 10.0 Å². The quantitative estimate of drug-likeness (QED) is 0.678. The molecule has 0 saturated heterocycles. The van der Waals surface area contributed by atoms with Crippen LogP contribution >= 0.6 is 0 Å². The number of nitrogens with one attached hydrogen (secondary N) is 3.